The van der Waals surface area contributed by atoms with Gasteiger partial charge in [0, 0.05) is 11.6 Å². The Hall–Kier alpha value is -3.93. The maximum Gasteiger partial charge on any atom is 0.240 e. The van der Waals surface area contributed by atoms with Crippen LogP contribution in [0.3, 0.4) is 0 Å². The van der Waals surface area contributed by atoms with Crippen LogP contribution in [0.25, 0.3) is 16.8 Å². The average Bonchev–Trinajstić information content (AvgIpc) is 3.26. The predicted octanol–water partition coefficient (Wildman–Crippen LogP) is 2.84. The third-order valence-electron chi connectivity index (χ3n) is 6.76. The topological polar surface area (TPSA) is 83.7 Å². The Labute approximate surface area is 178 Å². The molecule has 6 heteroatoms. The van der Waals surface area contributed by atoms with Crippen LogP contribution in [0.1, 0.15) is 17.2 Å². The Morgan fingerprint density at radius 1 is 0.839 bits per heavy atom. The van der Waals surface area contributed by atoms with Crippen LogP contribution in [-0.2, 0) is 14.4 Å². The first kappa shape index (κ1) is 17.9. The van der Waals surface area contributed by atoms with Gasteiger partial charge < -0.3 is 10.6 Å². The normalized spacial score (nSPS) is 26.2. The van der Waals surface area contributed by atoms with Gasteiger partial charge in [-0.25, -0.2) is 4.90 Å². The fraction of sp³-hybridized carbons (Fsp3) is 0.160. The number of nitrogens with two attached hydrogens (primary N) is 1. The standard InChI is InChI=1S/C25H19N3O3/c26-23(29)22-20-19(21-17-10-4-2-7-15(17)12-13-27(21)22)24(30)28(25(20)31)18-11-5-8-14-6-1-3-9-16(14)18/h1-13,19-22H,(H2,26,29). The third kappa shape index (κ3) is 2.30. The van der Waals surface area contributed by atoms with E-state index in [1.807, 2.05) is 66.7 Å². The molecule has 0 bridgehead atoms. The van der Waals surface area contributed by atoms with Crippen molar-refractivity contribution in [2.45, 2.75) is 12.1 Å². The average molecular weight is 409 g/mol. The number of benzene rings is 3. The van der Waals surface area contributed by atoms with Gasteiger partial charge in [0.05, 0.1) is 23.6 Å². The van der Waals surface area contributed by atoms with E-state index < -0.39 is 29.8 Å². The van der Waals surface area contributed by atoms with Gasteiger partial charge in [0.25, 0.3) is 0 Å². The summed E-state index contributed by atoms with van der Waals surface area (Å²) < 4.78 is 0. The Morgan fingerprint density at radius 2 is 1.55 bits per heavy atom. The summed E-state index contributed by atoms with van der Waals surface area (Å²) in [6.45, 7) is 0. The summed E-state index contributed by atoms with van der Waals surface area (Å²) >= 11 is 0. The molecule has 3 aromatic rings. The second-order valence-electron chi connectivity index (χ2n) is 8.25. The van der Waals surface area contributed by atoms with Crippen molar-refractivity contribution in [2.75, 3.05) is 4.90 Å². The highest BCUT2D eigenvalue weighted by Crippen LogP contribution is 2.53. The van der Waals surface area contributed by atoms with Gasteiger partial charge in [-0.3, -0.25) is 14.4 Å². The number of imide groups is 1. The molecule has 3 aliphatic rings. The van der Waals surface area contributed by atoms with Gasteiger partial charge in [-0.05, 0) is 28.7 Å². The SMILES string of the molecule is NC(=O)C1C2C(=O)N(c3cccc4ccccc34)C(=O)C2C2c3ccccc3C=CN12. The first-order valence-corrected chi connectivity index (χ1v) is 10.3. The Balaban J connectivity index is 1.53. The molecule has 3 aliphatic heterocycles. The molecule has 2 fully saturated rings. The first-order valence-electron chi connectivity index (χ1n) is 10.3. The van der Waals surface area contributed by atoms with Crippen molar-refractivity contribution in [3.8, 4) is 0 Å². The fourth-order valence-electron chi connectivity index (χ4n) is 5.52. The second kappa shape index (κ2) is 6.28. The molecular formula is C25H19N3O3. The van der Waals surface area contributed by atoms with Crippen LogP contribution in [-0.4, -0.2) is 28.7 Å². The van der Waals surface area contributed by atoms with E-state index in [4.69, 9.17) is 5.73 Å². The molecule has 3 heterocycles. The molecule has 6 rings (SSSR count). The van der Waals surface area contributed by atoms with Crippen LogP contribution in [0.5, 0.6) is 0 Å². The van der Waals surface area contributed by atoms with Gasteiger partial charge >= 0.3 is 0 Å². The summed E-state index contributed by atoms with van der Waals surface area (Å²) in [6, 6.07) is 19.7. The van der Waals surface area contributed by atoms with E-state index in [1.54, 1.807) is 17.2 Å². The lowest BCUT2D eigenvalue weighted by Crippen LogP contribution is -2.46. The Morgan fingerprint density at radius 3 is 2.39 bits per heavy atom. The zero-order valence-corrected chi connectivity index (χ0v) is 16.5. The van der Waals surface area contributed by atoms with Crippen molar-refractivity contribution in [3.63, 3.8) is 0 Å². The van der Waals surface area contributed by atoms with Gasteiger partial charge in [0.2, 0.25) is 17.7 Å². The van der Waals surface area contributed by atoms with Crippen molar-refractivity contribution in [1.29, 1.82) is 0 Å². The van der Waals surface area contributed by atoms with Gasteiger partial charge in [-0.2, -0.15) is 0 Å². The van der Waals surface area contributed by atoms with Crippen molar-refractivity contribution >= 4 is 40.3 Å². The molecule has 152 valence electrons. The summed E-state index contributed by atoms with van der Waals surface area (Å²) in [7, 11) is 0. The highest BCUT2D eigenvalue weighted by atomic mass is 16.2. The molecule has 2 saturated heterocycles. The summed E-state index contributed by atoms with van der Waals surface area (Å²) in [6.07, 6.45) is 3.70. The minimum Gasteiger partial charge on any atom is -0.368 e. The molecule has 6 nitrogen and oxygen atoms in total. The van der Waals surface area contributed by atoms with Gasteiger partial charge in [0.15, 0.2) is 0 Å². The van der Waals surface area contributed by atoms with E-state index in [0.29, 0.717) is 5.69 Å². The Kier molecular flexibility index (Phi) is 3.63. The number of fused-ring (bicyclic) bond motifs is 6. The minimum atomic E-state index is -0.865. The number of rotatable bonds is 2. The maximum atomic E-state index is 13.8. The van der Waals surface area contributed by atoms with E-state index in [-0.39, 0.29) is 11.8 Å². The maximum absolute atomic E-state index is 13.8. The smallest absolute Gasteiger partial charge is 0.240 e. The molecule has 4 atom stereocenters. The molecule has 0 aromatic heterocycles. The lowest BCUT2D eigenvalue weighted by Gasteiger charge is -2.34. The number of hydrogen-bond donors (Lipinski definition) is 1. The largest absolute Gasteiger partial charge is 0.368 e. The number of carbonyl (C=O) groups is 3. The second-order valence-corrected chi connectivity index (χ2v) is 8.25. The van der Waals surface area contributed by atoms with E-state index in [9.17, 15) is 14.4 Å². The van der Waals surface area contributed by atoms with Crippen LogP contribution in [0.2, 0.25) is 0 Å². The quantitative estimate of drug-likeness (QED) is 0.660. The summed E-state index contributed by atoms with van der Waals surface area (Å²) in [5.41, 5.74) is 8.24. The van der Waals surface area contributed by atoms with Gasteiger partial charge in [-0.1, -0.05) is 60.7 Å². The molecular weight excluding hydrogens is 390 g/mol. The minimum absolute atomic E-state index is 0.282. The van der Waals surface area contributed by atoms with Crippen LogP contribution in [0.15, 0.2) is 72.9 Å². The number of carbonyl (C=O) groups excluding carboxylic acids is 3. The number of amides is 3. The highest BCUT2D eigenvalue weighted by Gasteiger charge is 2.64. The molecule has 0 radical (unpaired) electrons. The lowest BCUT2D eigenvalue weighted by molar-refractivity contribution is -0.129. The zero-order valence-electron chi connectivity index (χ0n) is 16.5. The fourth-order valence-corrected chi connectivity index (χ4v) is 5.52. The van der Waals surface area contributed by atoms with Crippen LogP contribution in [0.4, 0.5) is 5.69 Å². The highest BCUT2D eigenvalue weighted by molar-refractivity contribution is 6.26. The third-order valence-corrected chi connectivity index (χ3v) is 6.76. The monoisotopic (exact) mass is 409 g/mol. The van der Waals surface area contributed by atoms with Crippen molar-refractivity contribution in [3.05, 3.63) is 84.1 Å². The van der Waals surface area contributed by atoms with Crippen LogP contribution < -0.4 is 10.6 Å². The molecule has 0 aliphatic carbocycles. The molecule has 3 aromatic carbocycles. The van der Waals surface area contributed by atoms with E-state index >= 15 is 0 Å². The number of anilines is 1. The zero-order chi connectivity index (χ0) is 21.3. The molecule has 4 unspecified atom stereocenters. The molecule has 0 saturated carbocycles. The van der Waals surface area contributed by atoms with E-state index in [2.05, 4.69) is 0 Å². The van der Waals surface area contributed by atoms with Gasteiger partial charge in [0.1, 0.15) is 6.04 Å². The van der Waals surface area contributed by atoms with E-state index in [0.717, 1.165) is 21.9 Å². The molecule has 3 amide bonds. The number of primary amides is 1. The molecule has 0 spiro atoms. The summed E-state index contributed by atoms with van der Waals surface area (Å²) in [5.74, 6) is -2.73. The van der Waals surface area contributed by atoms with E-state index in [1.165, 1.54) is 4.90 Å². The van der Waals surface area contributed by atoms with Crippen molar-refractivity contribution < 1.29 is 14.4 Å². The van der Waals surface area contributed by atoms with Crippen LogP contribution in [0, 0.1) is 11.8 Å². The lowest BCUT2D eigenvalue weighted by atomic mass is 9.84. The Bertz CT molecular complexity index is 1310. The molecule has 2 N–H and O–H groups in total. The first-order chi connectivity index (χ1) is 15.1. The predicted molar refractivity (Wildman–Crippen MR) is 116 cm³/mol. The van der Waals surface area contributed by atoms with Crippen molar-refractivity contribution in [1.82, 2.24) is 4.90 Å². The van der Waals surface area contributed by atoms with Crippen molar-refractivity contribution in [2.24, 2.45) is 17.6 Å². The number of nitrogens with zero attached hydrogens (tertiary/aromatic N) is 2. The summed E-state index contributed by atoms with van der Waals surface area (Å²) in [5, 5.41) is 1.76. The van der Waals surface area contributed by atoms with Crippen LogP contribution >= 0.6 is 0 Å². The van der Waals surface area contributed by atoms with Gasteiger partial charge in [-0.15, -0.1) is 0 Å². The number of hydrogen-bond acceptors (Lipinski definition) is 4. The molecule has 31 heavy (non-hydrogen) atoms. The summed E-state index contributed by atoms with van der Waals surface area (Å²) in [4.78, 5) is 43.0.